The van der Waals surface area contributed by atoms with Crippen LogP contribution in [-0.4, -0.2) is 36.2 Å². The maximum atomic E-state index is 12.0. The van der Waals surface area contributed by atoms with E-state index in [0.29, 0.717) is 18.3 Å². The third kappa shape index (κ3) is 3.82. The van der Waals surface area contributed by atoms with E-state index in [0.717, 1.165) is 6.42 Å². The van der Waals surface area contributed by atoms with Gasteiger partial charge in [0.1, 0.15) is 0 Å². The highest BCUT2D eigenvalue weighted by molar-refractivity contribution is 5.87. The summed E-state index contributed by atoms with van der Waals surface area (Å²) in [6.07, 6.45) is 1.33. The lowest BCUT2D eigenvalue weighted by Crippen LogP contribution is -2.55. The SMILES string of the molecule is COCC(C)(NC(=O)C[C@@H]1C[C@H]1c1ccccc1)C(=O)O. The molecule has 1 aromatic carbocycles. The van der Waals surface area contributed by atoms with E-state index in [1.807, 2.05) is 18.2 Å². The molecule has 1 fully saturated rings. The number of rotatable bonds is 7. The van der Waals surface area contributed by atoms with Crippen LogP contribution in [0.3, 0.4) is 0 Å². The second-order valence-electron chi connectivity index (χ2n) is 5.84. The molecule has 1 unspecified atom stereocenters. The number of carbonyl (C=O) groups excluding carboxylic acids is 1. The van der Waals surface area contributed by atoms with Crippen LogP contribution in [0.1, 0.15) is 31.2 Å². The normalized spacial score (nSPS) is 23.1. The van der Waals surface area contributed by atoms with Crippen LogP contribution in [0.4, 0.5) is 0 Å². The van der Waals surface area contributed by atoms with Gasteiger partial charge in [-0.25, -0.2) is 4.79 Å². The van der Waals surface area contributed by atoms with Gasteiger partial charge in [0.2, 0.25) is 5.91 Å². The molecule has 2 N–H and O–H groups in total. The Hall–Kier alpha value is -1.88. The predicted molar refractivity (Wildman–Crippen MR) is 78.0 cm³/mol. The van der Waals surface area contributed by atoms with Gasteiger partial charge in [0.15, 0.2) is 5.54 Å². The number of hydrogen-bond donors (Lipinski definition) is 2. The molecular formula is C16H21NO4. The first-order valence-corrected chi connectivity index (χ1v) is 7.04. The number of hydrogen-bond acceptors (Lipinski definition) is 3. The molecule has 5 nitrogen and oxygen atoms in total. The van der Waals surface area contributed by atoms with Crippen molar-refractivity contribution < 1.29 is 19.4 Å². The summed E-state index contributed by atoms with van der Waals surface area (Å²) in [5.41, 5.74) is -0.128. The molecule has 114 valence electrons. The van der Waals surface area contributed by atoms with Crippen molar-refractivity contribution in [3.05, 3.63) is 35.9 Å². The Balaban J connectivity index is 1.87. The van der Waals surface area contributed by atoms with Crippen LogP contribution in [0.2, 0.25) is 0 Å². The molecule has 0 aromatic heterocycles. The summed E-state index contributed by atoms with van der Waals surface area (Å²) in [6.45, 7) is 1.40. The molecule has 0 bridgehead atoms. The van der Waals surface area contributed by atoms with E-state index < -0.39 is 11.5 Å². The van der Waals surface area contributed by atoms with Crippen molar-refractivity contribution in [2.75, 3.05) is 13.7 Å². The van der Waals surface area contributed by atoms with E-state index in [2.05, 4.69) is 17.4 Å². The van der Waals surface area contributed by atoms with Crippen molar-refractivity contribution >= 4 is 11.9 Å². The molecule has 1 aliphatic rings. The Bertz CT molecular complexity index is 516. The third-order valence-electron chi connectivity index (χ3n) is 3.92. The highest BCUT2D eigenvalue weighted by Gasteiger charge is 2.41. The smallest absolute Gasteiger partial charge is 0.331 e. The molecule has 1 aromatic rings. The minimum Gasteiger partial charge on any atom is -0.479 e. The molecule has 0 radical (unpaired) electrons. The van der Waals surface area contributed by atoms with E-state index >= 15 is 0 Å². The number of benzene rings is 1. The van der Waals surface area contributed by atoms with Crippen molar-refractivity contribution in [2.24, 2.45) is 5.92 Å². The fourth-order valence-electron chi connectivity index (χ4n) is 2.62. The molecule has 0 aliphatic heterocycles. The van der Waals surface area contributed by atoms with Crippen LogP contribution in [0, 0.1) is 5.92 Å². The zero-order valence-electron chi connectivity index (χ0n) is 12.3. The Morgan fingerprint density at radius 1 is 1.38 bits per heavy atom. The fourth-order valence-corrected chi connectivity index (χ4v) is 2.62. The zero-order chi connectivity index (χ0) is 15.5. The highest BCUT2D eigenvalue weighted by Crippen LogP contribution is 2.49. The second kappa shape index (κ2) is 6.26. The predicted octanol–water partition coefficient (Wildman–Crippen LogP) is 1.79. The molecule has 1 amide bonds. The summed E-state index contributed by atoms with van der Waals surface area (Å²) < 4.78 is 4.88. The Kier molecular flexibility index (Phi) is 4.63. The summed E-state index contributed by atoms with van der Waals surface area (Å²) >= 11 is 0. The number of aliphatic carboxylic acids is 1. The number of ether oxygens (including phenoxy) is 1. The molecule has 3 atom stereocenters. The number of carboxylic acid groups (broad SMARTS) is 1. The van der Waals surface area contributed by atoms with Gasteiger partial charge in [0.05, 0.1) is 6.61 Å². The van der Waals surface area contributed by atoms with E-state index in [1.165, 1.54) is 19.6 Å². The van der Waals surface area contributed by atoms with Gasteiger partial charge in [-0.05, 0) is 30.7 Å². The van der Waals surface area contributed by atoms with Gasteiger partial charge in [-0.15, -0.1) is 0 Å². The zero-order valence-corrected chi connectivity index (χ0v) is 12.3. The second-order valence-corrected chi connectivity index (χ2v) is 5.84. The topological polar surface area (TPSA) is 75.6 Å². The molecule has 0 heterocycles. The maximum Gasteiger partial charge on any atom is 0.331 e. The molecule has 1 aliphatic carbocycles. The monoisotopic (exact) mass is 291 g/mol. The van der Waals surface area contributed by atoms with Crippen molar-refractivity contribution in [2.45, 2.75) is 31.2 Å². The molecule has 2 rings (SSSR count). The molecule has 1 saturated carbocycles. The Morgan fingerprint density at radius 2 is 2.05 bits per heavy atom. The lowest BCUT2D eigenvalue weighted by molar-refractivity contribution is -0.149. The largest absolute Gasteiger partial charge is 0.479 e. The minimum atomic E-state index is -1.37. The standard InChI is InChI=1S/C16H21NO4/c1-16(10-21-2,15(19)20)17-14(18)9-12-8-13(12)11-6-4-3-5-7-11/h3-7,12-13H,8-10H2,1-2H3,(H,17,18)(H,19,20)/t12-,13-,16?/m0/s1. The van der Waals surface area contributed by atoms with Crippen LogP contribution < -0.4 is 5.32 Å². The van der Waals surface area contributed by atoms with Crippen LogP contribution in [0.25, 0.3) is 0 Å². The van der Waals surface area contributed by atoms with Crippen molar-refractivity contribution in [1.82, 2.24) is 5.32 Å². The average molecular weight is 291 g/mol. The number of methoxy groups -OCH3 is 1. The molecule has 5 heteroatoms. The highest BCUT2D eigenvalue weighted by atomic mass is 16.5. The van der Waals surface area contributed by atoms with Crippen LogP contribution in [-0.2, 0) is 14.3 Å². The third-order valence-corrected chi connectivity index (χ3v) is 3.92. The van der Waals surface area contributed by atoms with Gasteiger partial charge in [0, 0.05) is 13.5 Å². The maximum absolute atomic E-state index is 12.0. The summed E-state index contributed by atoms with van der Waals surface area (Å²) in [4.78, 5) is 23.3. The first kappa shape index (κ1) is 15.5. The van der Waals surface area contributed by atoms with E-state index in [-0.39, 0.29) is 12.5 Å². The van der Waals surface area contributed by atoms with Gasteiger partial charge in [-0.1, -0.05) is 30.3 Å². The first-order chi connectivity index (χ1) is 9.96. The number of amides is 1. The van der Waals surface area contributed by atoms with Gasteiger partial charge in [-0.2, -0.15) is 0 Å². The lowest BCUT2D eigenvalue weighted by atomic mass is 10.0. The quantitative estimate of drug-likeness (QED) is 0.803. The number of nitrogens with one attached hydrogen (secondary N) is 1. The fraction of sp³-hybridized carbons (Fsp3) is 0.500. The van der Waals surface area contributed by atoms with Crippen LogP contribution in [0.5, 0.6) is 0 Å². The van der Waals surface area contributed by atoms with Gasteiger partial charge in [-0.3, -0.25) is 4.79 Å². The number of carbonyl (C=O) groups is 2. The minimum absolute atomic E-state index is 0.0547. The lowest BCUT2D eigenvalue weighted by Gasteiger charge is -2.25. The number of carboxylic acids is 1. The van der Waals surface area contributed by atoms with Crippen molar-refractivity contribution in [3.63, 3.8) is 0 Å². The summed E-state index contributed by atoms with van der Waals surface area (Å²) in [5.74, 6) is -0.614. The average Bonchev–Trinajstić information content (AvgIpc) is 3.18. The van der Waals surface area contributed by atoms with Gasteiger partial charge in [0.25, 0.3) is 0 Å². The van der Waals surface area contributed by atoms with Crippen molar-refractivity contribution in [1.29, 1.82) is 0 Å². The first-order valence-electron chi connectivity index (χ1n) is 7.04. The Morgan fingerprint density at radius 3 is 2.62 bits per heavy atom. The summed E-state index contributed by atoms with van der Waals surface area (Å²) in [5, 5.41) is 11.8. The van der Waals surface area contributed by atoms with E-state index in [1.54, 1.807) is 0 Å². The summed E-state index contributed by atoms with van der Waals surface area (Å²) in [7, 11) is 1.42. The summed E-state index contributed by atoms with van der Waals surface area (Å²) in [6, 6.07) is 10.1. The van der Waals surface area contributed by atoms with Crippen molar-refractivity contribution in [3.8, 4) is 0 Å². The molecular weight excluding hydrogens is 270 g/mol. The molecule has 0 spiro atoms. The van der Waals surface area contributed by atoms with Gasteiger partial charge < -0.3 is 15.2 Å². The Labute approximate surface area is 124 Å². The molecule has 0 saturated heterocycles. The van der Waals surface area contributed by atoms with E-state index in [9.17, 15) is 14.7 Å². The van der Waals surface area contributed by atoms with Crippen LogP contribution in [0.15, 0.2) is 30.3 Å². The van der Waals surface area contributed by atoms with Gasteiger partial charge >= 0.3 is 5.97 Å². The van der Waals surface area contributed by atoms with E-state index in [4.69, 9.17) is 4.74 Å². The van der Waals surface area contributed by atoms with Crippen LogP contribution >= 0.6 is 0 Å². The molecule has 21 heavy (non-hydrogen) atoms.